The monoisotopic (exact) mass is 293 g/mol. The lowest BCUT2D eigenvalue weighted by Crippen LogP contribution is -2.13. The standard InChI is InChI=1S/C13H9BrFNO/c14-10-7-4-8-11(15)12(10)16-13(17)9-5-2-1-3-6-9/h1-8H,(H,16,17). The molecule has 1 amide bonds. The van der Waals surface area contributed by atoms with Crippen LogP contribution in [0.5, 0.6) is 0 Å². The van der Waals surface area contributed by atoms with E-state index in [0.29, 0.717) is 10.0 Å². The molecule has 0 aliphatic heterocycles. The van der Waals surface area contributed by atoms with Crippen LogP contribution in [0.1, 0.15) is 10.4 Å². The van der Waals surface area contributed by atoms with Gasteiger partial charge in [0, 0.05) is 10.0 Å². The molecule has 0 aliphatic rings. The van der Waals surface area contributed by atoms with Crippen molar-refractivity contribution in [2.75, 3.05) is 5.32 Å². The van der Waals surface area contributed by atoms with Gasteiger partial charge in [0.05, 0.1) is 5.69 Å². The van der Waals surface area contributed by atoms with Crippen molar-refractivity contribution >= 4 is 27.5 Å². The average molecular weight is 294 g/mol. The summed E-state index contributed by atoms with van der Waals surface area (Å²) in [5.41, 5.74) is 0.643. The molecule has 0 radical (unpaired) electrons. The van der Waals surface area contributed by atoms with Crippen LogP contribution in [-0.2, 0) is 0 Å². The minimum Gasteiger partial charge on any atom is -0.319 e. The number of amides is 1. The third kappa shape index (κ3) is 2.71. The Balaban J connectivity index is 2.25. The smallest absolute Gasteiger partial charge is 0.255 e. The fraction of sp³-hybridized carbons (Fsp3) is 0. The van der Waals surface area contributed by atoms with Crippen molar-refractivity contribution < 1.29 is 9.18 Å². The molecule has 2 aromatic rings. The van der Waals surface area contributed by atoms with E-state index in [1.165, 1.54) is 6.07 Å². The van der Waals surface area contributed by atoms with Crippen LogP contribution in [0.2, 0.25) is 0 Å². The minimum atomic E-state index is -0.469. The van der Waals surface area contributed by atoms with E-state index >= 15 is 0 Å². The van der Waals surface area contributed by atoms with Gasteiger partial charge in [-0.15, -0.1) is 0 Å². The molecule has 0 unspecified atom stereocenters. The zero-order valence-electron chi connectivity index (χ0n) is 8.78. The van der Waals surface area contributed by atoms with E-state index in [9.17, 15) is 9.18 Å². The number of anilines is 1. The van der Waals surface area contributed by atoms with E-state index < -0.39 is 5.82 Å². The number of nitrogens with one attached hydrogen (secondary N) is 1. The number of carbonyl (C=O) groups is 1. The van der Waals surface area contributed by atoms with Crippen LogP contribution in [-0.4, -0.2) is 5.91 Å². The van der Waals surface area contributed by atoms with Gasteiger partial charge in [-0.25, -0.2) is 4.39 Å². The predicted octanol–water partition coefficient (Wildman–Crippen LogP) is 3.84. The largest absolute Gasteiger partial charge is 0.319 e. The summed E-state index contributed by atoms with van der Waals surface area (Å²) in [6.45, 7) is 0. The number of benzene rings is 2. The Labute approximate surface area is 107 Å². The normalized spacial score (nSPS) is 10.0. The first kappa shape index (κ1) is 11.8. The zero-order valence-corrected chi connectivity index (χ0v) is 10.4. The lowest BCUT2D eigenvalue weighted by molar-refractivity contribution is 0.102. The molecule has 0 atom stereocenters. The van der Waals surface area contributed by atoms with Crippen LogP contribution in [0, 0.1) is 5.82 Å². The van der Waals surface area contributed by atoms with E-state index in [4.69, 9.17) is 0 Å². The van der Waals surface area contributed by atoms with E-state index in [2.05, 4.69) is 21.2 Å². The van der Waals surface area contributed by atoms with Gasteiger partial charge in [-0.3, -0.25) is 4.79 Å². The molecule has 86 valence electrons. The number of rotatable bonds is 2. The third-order valence-electron chi connectivity index (χ3n) is 2.24. The fourth-order valence-corrected chi connectivity index (χ4v) is 1.83. The molecule has 4 heteroatoms. The van der Waals surface area contributed by atoms with Gasteiger partial charge in [0.25, 0.3) is 5.91 Å². The number of halogens is 2. The molecular weight excluding hydrogens is 285 g/mol. The van der Waals surface area contributed by atoms with Crippen molar-refractivity contribution in [3.8, 4) is 0 Å². The van der Waals surface area contributed by atoms with E-state index in [1.807, 2.05) is 6.07 Å². The summed E-state index contributed by atoms with van der Waals surface area (Å²) in [5.74, 6) is -0.806. The maximum absolute atomic E-state index is 13.5. The first-order valence-electron chi connectivity index (χ1n) is 4.99. The zero-order chi connectivity index (χ0) is 12.3. The number of carbonyl (C=O) groups excluding carboxylic acids is 1. The second-order valence-corrected chi connectivity index (χ2v) is 4.27. The first-order chi connectivity index (χ1) is 8.18. The molecule has 0 bridgehead atoms. The maximum atomic E-state index is 13.5. The molecule has 17 heavy (non-hydrogen) atoms. The third-order valence-corrected chi connectivity index (χ3v) is 2.90. The van der Waals surface area contributed by atoms with Crippen molar-refractivity contribution in [3.05, 3.63) is 64.4 Å². The van der Waals surface area contributed by atoms with Crippen molar-refractivity contribution in [3.63, 3.8) is 0 Å². The van der Waals surface area contributed by atoms with Gasteiger partial charge in [0.2, 0.25) is 0 Å². The van der Waals surface area contributed by atoms with E-state index in [-0.39, 0.29) is 11.6 Å². The fourth-order valence-electron chi connectivity index (χ4n) is 1.39. The Hall–Kier alpha value is -1.68. The van der Waals surface area contributed by atoms with Crippen molar-refractivity contribution in [1.29, 1.82) is 0 Å². The van der Waals surface area contributed by atoms with Crippen LogP contribution < -0.4 is 5.32 Å². The Bertz CT molecular complexity index is 522. The summed E-state index contributed by atoms with van der Waals surface area (Å²) >= 11 is 3.19. The SMILES string of the molecule is O=C(Nc1c(F)cccc1Br)c1ccccc1. The highest BCUT2D eigenvalue weighted by molar-refractivity contribution is 9.10. The molecule has 0 heterocycles. The average Bonchev–Trinajstić information content (AvgIpc) is 2.35. The van der Waals surface area contributed by atoms with E-state index in [0.717, 1.165) is 0 Å². The summed E-state index contributed by atoms with van der Waals surface area (Å²) in [6, 6.07) is 13.2. The van der Waals surface area contributed by atoms with Crippen molar-refractivity contribution in [2.24, 2.45) is 0 Å². The minimum absolute atomic E-state index is 0.154. The topological polar surface area (TPSA) is 29.1 Å². The van der Waals surface area contributed by atoms with Gasteiger partial charge in [0.1, 0.15) is 5.82 Å². The lowest BCUT2D eigenvalue weighted by Gasteiger charge is -2.08. The Kier molecular flexibility index (Phi) is 3.54. The van der Waals surface area contributed by atoms with Gasteiger partial charge in [-0.05, 0) is 40.2 Å². The van der Waals surface area contributed by atoms with Crippen LogP contribution >= 0.6 is 15.9 Å². The van der Waals surface area contributed by atoms with Crippen LogP contribution in [0.15, 0.2) is 53.0 Å². The predicted molar refractivity (Wildman–Crippen MR) is 68.5 cm³/mol. The molecule has 1 N–H and O–H groups in total. The van der Waals surface area contributed by atoms with Gasteiger partial charge in [0.15, 0.2) is 0 Å². The van der Waals surface area contributed by atoms with Gasteiger partial charge in [-0.2, -0.15) is 0 Å². The second kappa shape index (κ2) is 5.10. The van der Waals surface area contributed by atoms with E-state index in [1.54, 1.807) is 36.4 Å². The highest BCUT2D eigenvalue weighted by Crippen LogP contribution is 2.25. The molecule has 2 aromatic carbocycles. The van der Waals surface area contributed by atoms with Gasteiger partial charge >= 0.3 is 0 Å². The summed E-state index contributed by atoms with van der Waals surface area (Å²) < 4.78 is 14.0. The Morgan fingerprint density at radius 2 is 1.76 bits per heavy atom. The van der Waals surface area contributed by atoms with Crippen LogP contribution in [0.4, 0.5) is 10.1 Å². The quantitative estimate of drug-likeness (QED) is 0.895. The lowest BCUT2D eigenvalue weighted by atomic mass is 10.2. The van der Waals surface area contributed by atoms with Crippen LogP contribution in [0.25, 0.3) is 0 Å². The highest BCUT2D eigenvalue weighted by Gasteiger charge is 2.11. The maximum Gasteiger partial charge on any atom is 0.255 e. The van der Waals surface area contributed by atoms with Gasteiger partial charge in [-0.1, -0.05) is 24.3 Å². The molecule has 0 aliphatic carbocycles. The molecule has 0 fully saturated rings. The first-order valence-corrected chi connectivity index (χ1v) is 5.78. The number of para-hydroxylation sites is 1. The molecule has 0 aromatic heterocycles. The molecule has 2 rings (SSSR count). The molecule has 2 nitrogen and oxygen atoms in total. The van der Waals surface area contributed by atoms with Crippen LogP contribution in [0.3, 0.4) is 0 Å². The summed E-state index contributed by atoms with van der Waals surface area (Å²) in [6.07, 6.45) is 0. The molecule has 0 saturated carbocycles. The Morgan fingerprint density at radius 1 is 1.06 bits per heavy atom. The molecule has 0 saturated heterocycles. The summed E-state index contributed by atoms with van der Waals surface area (Å²) in [4.78, 5) is 11.8. The molecule has 0 spiro atoms. The van der Waals surface area contributed by atoms with Gasteiger partial charge < -0.3 is 5.32 Å². The molecular formula is C13H9BrFNO. The number of hydrogen-bond acceptors (Lipinski definition) is 1. The second-order valence-electron chi connectivity index (χ2n) is 3.42. The number of hydrogen-bond donors (Lipinski definition) is 1. The van der Waals surface area contributed by atoms with Crippen molar-refractivity contribution in [2.45, 2.75) is 0 Å². The Morgan fingerprint density at radius 3 is 2.41 bits per heavy atom. The summed E-state index contributed by atoms with van der Waals surface area (Å²) in [5, 5.41) is 2.53. The van der Waals surface area contributed by atoms with Crippen molar-refractivity contribution in [1.82, 2.24) is 0 Å². The highest BCUT2D eigenvalue weighted by atomic mass is 79.9. The summed E-state index contributed by atoms with van der Waals surface area (Å²) in [7, 11) is 0.